The summed E-state index contributed by atoms with van der Waals surface area (Å²) < 4.78 is 38.0. The van der Waals surface area contributed by atoms with E-state index in [4.69, 9.17) is 88.8 Å². The van der Waals surface area contributed by atoms with Crippen molar-refractivity contribution in [2.24, 2.45) is 0 Å². The topological polar surface area (TPSA) is 286 Å². The number of nitrogens with zero attached hydrogens (tertiary/aromatic N) is 10. The van der Waals surface area contributed by atoms with Crippen LogP contribution in [0.1, 0.15) is 36.8 Å². The lowest BCUT2D eigenvalue weighted by Crippen LogP contribution is -2.33. The molecule has 0 amide bonds. The van der Waals surface area contributed by atoms with Crippen LogP contribution in [0.15, 0.2) is 164 Å². The highest BCUT2D eigenvalue weighted by Crippen LogP contribution is 2.43. The molecule has 26 heteroatoms. The van der Waals surface area contributed by atoms with Gasteiger partial charge in [0.2, 0.25) is 28.0 Å². The second-order valence-electron chi connectivity index (χ2n) is 23.2. The molecule has 8 heterocycles. The molecule has 7 N–H and O–H groups in total. The second-order valence-corrected chi connectivity index (χ2v) is 24.3. The minimum atomic E-state index is 0.0369. The Kier molecular flexibility index (Phi) is 25.8. The monoisotopic (exact) mass is 1440 g/mol. The molecule has 2 aliphatic rings. The number of methoxy groups -OCH3 is 7. The van der Waals surface area contributed by atoms with Crippen LogP contribution in [0.2, 0.25) is 15.7 Å². The van der Waals surface area contributed by atoms with Crippen LogP contribution in [0.25, 0.3) is 66.1 Å². The first kappa shape index (κ1) is 74.0. The van der Waals surface area contributed by atoms with Gasteiger partial charge < -0.3 is 70.0 Å². The Balaban J connectivity index is 0.000000151. The predicted octanol–water partition coefficient (Wildman–Crippen LogP) is 15.2. The number of anilines is 6. The lowest BCUT2D eigenvalue weighted by Gasteiger charge is -2.24. The molecule has 14 rings (SSSR count). The summed E-state index contributed by atoms with van der Waals surface area (Å²) in [5.41, 5.74) is 16.0. The molecular formula is C76H79Cl3N14O9. The predicted molar refractivity (Wildman–Crippen MR) is 405 cm³/mol. The van der Waals surface area contributed by atoms with Crippen LogP contribution >= 0.6 is 34.8 Å². The highest BCUT2D eigenvalue weighted by molar-refractivity contribution is 6.35. The number of hydrogen-bond donors (Lipinski definition) is 6. The maximum absolute atomic E-state index is 9.79. The molecule has 102 heavy (non-hydrogen) atoms. The number of aromatic nitrogens is 9. The Labute approximate surface area is 606 Å². The lowest BCUT2D eigenvalue weighted by atomic mass is 10.0. The lowest BCUT2D eigenvalue weighted by molar-refractivity contribution is 0.255. The Morgan fingerprint density at radius 3 is 1.39 bits per heavy atom. The molecule has 0 spiro atoms. The molecule has 2 fully saturated rings. The van der Waals surface area contributed by atoms with E-state index in [-0.39, 0.29) is 23.2 Å². The van der Waals surface area contributed by atoms with E-state index >= 15 is 0 Å². The summed E-state index contributed by atoms with van der Waals surface area (Å²) in [5.74, 6) is 8.01. The fourth-order valence-electron chi connectivity index (χ4n) is 11.4. The quantitative estimate of drug-likeness (QED) is 0.0365. The summed E-state index contributed by atoms with van der Waals surface area (Å²) in [6, 6.07) is 46.6. The number of hydrogen-bond acceptors (Lipinski definition) is 23. The molecule has 0 radical (unpaired) electrons. The molecule has 2 aliphatic heterocycles. The Bertz CT molecular complexity index is 4740. The minimum Gasteiger partial charge on any atom is -0.496 e. The maximum Gasteiger partial charge on any atom is 0.228 e. The van der Waals surface area contributed by atoms with E-state index in [0.717, 1.165) is 104 Å². The summed E-state index contributed by atoms with van der Waals surface area (Å²) in [6.45, 7) is 6.43. The van der Waals surface area contributed by atoms with Gasteiger partial charge in [0.1, 0.15) is 40.0 Å². The fraction of sp³-hybridized carbons (Fsp3) is 0.250. The Morgan fingerprint density at radius 2 is 0.941 bits per heavy atom. The van der Waals surface area contributed by atoms with Crippen LogP contribution in [0.5, 0.6) is 40.2 Å². The molecule has 23 nitrogen and oxygen atoms in total. The number of aliphatic hydroxyl groups is 2. The van der Waals surface area contributed by atoms with Crippen LogP contribution in [-0.4, -0.2) is 143 Å². The van der Waals surface area contributed by atoms with Gasteiger partial charge in [0.25, 0.3) is 0 Å². The van der Waals surface area contributed by atoms with Crippen molar-refractivity contribution in [3.63, 3.8) is 0 Å². The van der Waals surface area contributed by atoms with Gasteiger partial charge in [-0.05, 0) is 200 Å². The number of nitrogens with one attached hydrogen (secondary N) is 3. The van der Waals surface area contributed by atoms with Gasteiger partial charge in [0.05, 0.1) is 85.6 Å². The number of para-hydroxylation sites is 3. The van der Waals surface area contributed by atoms with Gasteiger partial charge in [-0.25, -0.2) is 34.9 Å². The normalized spacial score (nSPS) is 13.6. The summed E-state index contributed by atoms with van der Waals surface area (Å²) in [7, 11) is 11.2. The van der Waals surface area contributed by atoms with E-state index in [2.05, 4.69) is 75.7 Å². The number of aliphatic hydroxyl groups excluding tert-OH is 2. The summed E-state index contributed by atoms with van der Waals surface area (Å²) in [6.07, 6.45) is 9.64. The highest BCUT2D eigenvalue weighted by Gasteiger charge is 2.27. The van der Waals surface area contributed by atoms with E-state index < -0.39 is 0 Å². The Morgan fingerprint density at radius 1 is 0.480 bits per heavy atom. The highest BCUT2D eigenvalue weighted by atomic mass is 35.5. The van der Waals surface area contributed by atoms with Crippen LogP contribution in [0.3, 0.4) is 0 Å². The molecule has 6 aromatic heterocycles. The smallest absolute Gasteiger partial charge is 0.228 e. The van der Waals surface area contributed by atoms with Crippen molar-refractivity contribution in [1.82, 2.24) is 50.2 Å². The zero-order valence-electron chi connectivity index (χ0n) is 57.8. The molecule has 0 saturated carbocycles. The van der Waals surface area contributed by atoms with Crippen molar-refractivity contribution >= 4 is 103 Å². The number of halogens is 3. The van der Waals surface area contributed by atoms with Gasteiger partial charge in [0.15, 0.2) is 23.0 Å². The molecule has 6 aromatic carbocycles. The molecule has 0 bridgehead atoms. The summed E-state index contributed by atoms with van der Waals surface area (Å²) in [4.78, 5) is 41.3. The number of fused-ring (bicyclic) bond motifs is 3. The number of pyridine rings is 3. The van der Waals surface area contributed by atoms with Crippen molar-refractivity contribution in [3.05, 3.63) is 191 Å². The average Bonchev–Trinajstić information content (AvgIpc) is 1.22. The molecule has 2 saturated heterocycles. The molecule has 12 aromatic rings. The number of nitrogens with two attached hydrogens (primary N) is 1. The van der Waals surface area contributed by atoms with Crippen LogP contribution in [0, 0.1) is 13.8 Å². The van der Waals surface area contributed by atoms with Crippen LogP contribution < -0.4 is 59.7 Å². The number of ether oxygens (including phenoxy) is 7. The standard InChI is InChI=1S/C27H29N5O4.C22H19ClN4O3.C14H16N2O.C8H4Cl2N2.C5H11NO/c1-34-22-13-18(14-23(35-2)25(22)36-3)17-10-11-24(28-15-17)30-26-20-8-4-5-9-21(20)29-27(31-26)32-12-6-7-19(32)16-33;1-28-17-10-14(11-18(29-2)20(17)30-3)13-8-9-19(24-12-13)26-21-15-6-4-5-7-16(15)25-22(23)27-21;1-9-6-12(7-13(17-3)10(9)2)11-4-5-14(15)16-8-11;9-7-5-3-1-2-4-6(5)11-8(10)12-7;7-4-5-2-1-3-6-5/h4-5,8-11,13-15,19,33H,6-7,12,16H2,1-3H3,(H,28,29,30,31);4-12H,1-3H3,(H,24,25,26,27);4-8H,1-3H3,(H2,15,16);1-4H;5-7H,1-4H2/t19-;;;;5-/m0...0/s1. The average molecular weight is 1440 g/mol. The zero-order valence-corrected chi connectivity index (χ0v) is 60.1. The molecule has 528 valence electrons. The maximum atomic E-state index is 9.79. The van der Waals surface area contributed by atoms with E-state index in [0.29, 0.717) is 87.3 Å². The van der Waals surface area contributed by atoms with Gasteiger partial charge in [0, 0.05) is 64.0 Å². The first-order chi connectivity index (χ1) is 49.6. The fourth-order valence-corrected chi connectivity index (χ4v) is 12.1. The van der Waals surface area contributed by atoms with Gasteiger partial charge in [-0.1, -0.05) is 54.1 Å². The first-order valence-corrected chi connectivity index (χ1v) is 33.7. The Hall–Kier alpha value is -10.7. The molecular weight excluding hydrogens is 1360 g/mol. The van der Waals surface area contributed by atoms with E-state index in [9.17, 15) is 5.11 Å². The van der Waals surface area contributed by atoms with Crippen molar-refractivity contribution in [1.29, 1.82) is 0 Å². The number of benzene rings is 6. The van der Waals surface area contributed by atoms with Crippen molar-refractivity contribution in [2.75, 3.05) is 97.3 Å². The number of nitrogen functional groups attached to an aromatic ring is 1. The first-order valence-electron chi connectivity index (χ1n) is 32.5. The minimum absolute atomic E-state index is 0.0369. The molecule has 0 aliphatic carbocycles. The third-order valence-corrected chi connectivity index (χ3v) is 17.5. The van der Waals surface area contributed by atoms with Crippen molar-refractivity contribution < 1.29 is 43.4 Å². The van der Waals surface area contributed by atoms with Crippen molar-refractivity contribution in [2.45, 2.75) is 51.6 Å². The van der Waals surface area contributed by atoms with Crippen LogP contribution in [-0.2, 0) is 0 Å². The summed E-state index contributed by atoms with van der Waals surface area (Å²) >= 11 is 17.5. The second kappa shape index (κ2) is 35.6. The van der Waals surface area contributed by atoms with Gasteiger partial charge in [-0.2, -0.15) is 9.97 Å². The summed E-state index contributed by atoms with van der Waals surface area (Å²) in [5, 5.41) is 31.3. The third kappa shape index (κ3) is 18.3. The SMILES string of the molecule is COc1cc(-c2ccc(N)nc2)cc(C)c1C.COc1cc(-c2ccc(Nc3nc(Cl)nc4ccccc34)nc2)cc(OC)c1OC.COc1cc(-c2ccc(Nc3nc(N4CCC[C@H]4CO)nc4ccccc34)nc2)cc(OC)c1OC.Clc1nc(Cl)c2ccccc2n1.OC[C@@H]1CCCN1. The van der Waals surface area contributed by atoms with Gasteiger partial charge >= 0.3 is 0 Å². The number of rotatable bonds is 17. The van der Waals surface area contributed by atoms with E-state index in [1.54, 1.807) is 74.4 Å². The van der Waals surface area contributed by atoms with Gasteiger partial charge in [-0.3, -0.25) is 0 Å². The van der Waals surface area contributed by atoms with Crippen molar-refractivity contribution in [3.8, 4) is 73.6 Å². The number of aryl methyl sites for hydroxylation is 1. The molecule has 2 atom stereocenters. The largest absolute Gasteiger partial charge is 0.496 e. The van der Waals surface area contributed by atoms with Crippen LogP contribution in [0.4, 0.5) is 35.0 Å². The third-order valence-electron chi connectivity index (χ3n) is 16.9. The zero-order chi connectivity index (χ0) is 72.2. The van der Waals surface area contributed by atoms with E-state index in [1.165, 1.54) is 17.5 Å². The van der Waals surface area contributed by atoms with E-state index in [1.807, 2.05) is 133 Å². The molecule has 0 unspecified atom stereocenters. The van der Waals surface area contributed by atoms with Gasteiger partial charge in [-0.15, -0.1) is 0 Å².